The summed E-state index contributed by atoms with van der Waals surface area (Å²) in [5.41, 5.74) is 10.9. The van der Waals surface area contributed by atoms with E-state index in [1.807, 2.05) is 45.0 Å². The Bertz CT molecular complexity index is 591. The summed E-state index contributed by atoms with van der Waals surface area (Å²) >= 11 is 0. The average Bonchev–Trinajstić information content (AvgIpc) is 2.27. The molecule has 2 aromatic carbocycles. The van der Waals surface area contributed by atoms with E-state index in [9.17, 15) is 4.79 Å². The van der Waals surface area contributed by atoms with Crippen molar-refractivity contribution in [2.75, 3.05) is 5.73 Å². The summed E-state index contributed by atoms with van der Waals surface area (Å²) in [4.78, 5) is 12.5. The molecule has 0 aliphatic carbocycles. The fourth-order valence-corrected chi connectivity index (χ4v) is 2.38. The number of nitrogen functional groups attached to an aromatic ring is 1. The van der Waals surface area contributed by atoms with Gasteiger partial charge in [-0.2, -0.15) is 0 Å². The minimum atomic E-state index is 0.00287. The van der Waals surface area contributed by atoms with Crippen molar-refractivity contribution in [3.8, 4) is 0 Å². The van der Waals surface area contributed by atoms with Gasteiger partial charge in [0.25, 0.3) is 0 Å². The predicted octanol–water partition coefficient (Wildman–Crippen LogP) is 3.43. The van der Waals surface area contributed by atoms with Gasteiger partial charge in [0.05, 0.1) is 0 Å². The number of para-hydroxylation sites is 1. The van der Waals surface area contributed by atoms with Gasteiger partial charge >= 0.3 is 0 Å². The highest BCUT2D eigenvalue weighted by Crippen LogP contribution is 2.22. The van der Waals surface area contributed by atoms with Crippen molar-refractivity contribution < 1.29 is 4.79 Å². The summed E-state index contributed by atoms with van der Waals surface area (Å²) in [5, 5.41) is 0. The van der Waals surface area contributed by atoms with Gasteiger partial charge in [-0.1, -0.05) is 29.8 Å². The summed E-state index contributed by atoms with van der Waals surface area (Å²) < 4.78 is 0. The molecular weight excluding hydrogens is 222 g/mol. The standard InChI is InChI=1S/C16H17NO/c1-10-8-11(2)15(12(3)9-10)16(18)13-6-4-5-7-14(13)17/h4-9H,17H2,1-3H3. The van der Waals surface area contributed by atoms with Crippen LogP contribution in [-0.2, 0) is 0 Å². The third-order valence-electron chi connectivity index (χ3n) is 3.11. The molecule has 0 atom stereocenters. The van der Waals surface area contributed by atoms with Gasteiger partial charge in [0.1, 0.15) is 0 Å². The zero-order valence-corrected chi connectivity index (χ0v) is 10.9. The van der Waals surface area contributed by atoms with E-state index in [4.69, 9.17) is 5.73 Å². The molecular formula is C16H17NO. The van der Waals surface area contributed by atoms with Gasteiger partial charge in [-0.05, 0) is 44.0 Å². The van der Waals surface area contributed by atoms with Gasteiger partial charge in [0.2, 0.25) is 0 Å². The molecule has 2 aromatic rings. The van der Waals surface area contributed by atoms with Gasteiger partial charge in [-0.15, -0.1) is 0 Å². The van der Waals surface area contributed by atoms with Crippen LogP contribution in [0.15, 0.2) is 36.4 Å². The van der Waals surface area contributed by atoms with Gasteiger partial charge < -0.3 is 5.73 Å². The fraction of sp³-hybridized carbons (Fsp3) is 0.188. The van der Waals surface area contributed by atoms with E-state index in [-0.39, 0.29) is 5.78 Å². The fourth-order valence-electron chi connectivity index (χ4n) is 2.38. The normalized spacial score (nSPS) is 10.4. The summed E-state index contributed by atoms with van der Waals surface area (Å²) in [6, 6.07) is 11.3. The third kappa shape index (κ3) is 2.14. The molecule has 2 heteroatoms. The van der Waals surface area contributed by atoms with E-state index in [1.54, 1.807) is 12.1 Å². The zero-order chi connectivity index (χ0) is 13.3. The van der Waals surface area contributed by atoms with Gasteiger partial charge in [0, 0.05) is 16.8 Å². The molecule has 0 saturated heterocycles. The minimum Gasteiger partial charge on any atom is -0.398 e. The number of ketones is 1. The Morgan fingerprint density at radius 3 is 2.11 bits per heavy atom. The highest BCUT2D eigenvalue weighted by atomic mass is 16.1. The molecule has 0 heterocycles. The second kappa shape index (κ2) is 4.65. The predicted molar refractivity (Wildman–Crippen MR) is 74.9 cm³/mol. The molecule has 0 fully saturated rings. The van der Waals surface area contributed by atoms with Crippen molar-refractivity contribution in [3.63, 3.8) is 0 Å². The Hall–Kier alpha value is -2.09. The van der Waals surface area contributed by atoms with Crippen LogP contribution in [0.1, 0.15) is 32.6 Å². The van der Waals surface area contributed by atoms with E-state index in [0.29, 0.717) is 11.3 Å². The van der Waals surface area contributed by atoms with Crippen LogP contribution >= 0.6 is 0 Å². The van der Waals surface area contributed by atoms with Crippen molar-refractivity contribution in [2.24, 2.45) is 0 Å². The molecule has 0 bridgehead atoms. The first kappa shape index (κ1) is 12.4. The first-order chi connectivity index (χ1) is 8.50. The monoisotopic (exact) mass is 239 g/mol. The molecule has 2 rings (SSSR count). The van der Waals surface area contributed by atoms with Crippen LogP contribution in [0.3, 0.4) is 0 Å². The second-order valence-electron chi connectivity index (χ2n) is 4.69. The van der Waals surface area contributed by atoms with E-state index < -0.39 is 0 Å². The summed E-state index contributed by atoms with van der Waals surface area (Å²) in [5.74, 6) is 0.00287. The molecule has 0 aromatic heterocycles. The maximum atomic E-state index is 12.5. The topological polar surface area (TPSA) is 43.1 Å². The highest BCUT2D eigenvalue weighted by Gasteiger charge is 2.16. The number of hydrogen-bond acceptors (Lipinski definition) is 2. The average molecular weight is 239 g/mol. The number of anilines is 1. The van der Waals surface area contributed by atoms with Crippen molar-refractivity contribution >= 4 is 11.5 Å². The van der Waals surface area contributed by atoms with Crippen LogP contribution in [0.2, 0.25) is 0 Å². The summed E-state index contributed by atoms with van der Waals surface area (Å²) in [6.45, 7) is 5.96. The van der Waals surface area contributed by atoms with Crippen LogP contribution in [0.5, 0.6) is 0 Å². The molecule has 0 spiro atoms. The number of rotatable bonds is 2. The number of carbonyl (C=O) groups is 1. The Morgan fingerprint density at radius 2 is 1.56 bits per heavy atom. The molecule has 0 saturated carbocycles. The van der Waals surface area contributed by atoms with Crippen LogP contribution in [-0.4, -0.2) is 5.78 Å². The Labute approximate surface area is 107 Å². The number of aryl methyl sites for hydroxylation is 3. The molecule has 0 aliphatic heterocycles. The molecule has 18 heavy (non-hydrogen) atoms. The lowest BCUT2D eigenvalue weighted by atomic mass is 9.92. The minimum absolute atomic E-state index is 0.00287. The Morgan fingerprint density at radius 1 is 1.00 bits per heavy atom. The lowest BCUT2D eigenvalue weighted by Gasteiger charge is -2.11. The second-order valence-corrected chi connectivity index (χ2v) is 4.69. The van der Waals surface area contributed by atoms with E-state index in [0.717, 1.165) is 16.7 Å². The molecule has 0 amide bonds. The maximum Gasteiger partial charge on any atom is 0.195 e. The first-order valence-electron chi connectivity index (χ1n) is 5.97. The van der Waals surface area contributed by atoms with E-state index >= 15 is 0 Å². The smallest absolute Gasteiger partial charge is 0.195 e. The van der Waals surface area contributed by atoms with Crippen LogP contribution < -0.4 is 5.73 Å². The van der Waals surface area contributed by atoms with Crippen molar-refractivity contribution in [2.45, 2.75) is 20.8 Å². The number of hydrogen-bond donors (Lipinski definition) is 1. The Kier molecular flexibility index (Phi) is 3.19. The highest BCUT2D eigenvalue weighted by molar-refractivity contribution is 6.13. The zero-order valence-electron chi connectivity index (χ0n) is 10.9. The van der Waals surface area contributed by atoms with Crippen LogP contribution in [0, 0.1) is 20.8 Å². The summed E-state index contributed by atoms with van der Waals surface area (Å²) in [6.07, 6.45) is 0. The van der Waals surface area contributed by atoms with E-state index in [2.05, 4.69) is 0 Å². The number of nitrogens with two attached hydrogens (primary N) is 1. The van der Waals surface area contributed by atoms with Crippen LogP contribution in [0.25, 0.3) is 0 Å². The molecule has 92 valence electrons. The van der Waals surface area contributed by atoms with Crippen LogP contribution in [0.4, 0.5) is 5.69 Å². The maximum absolute atomic E-state index is 12.5. The van der Waals surface area contributed by atoms with Gasteiger partial charge in [0.15, 0.2) is 5.78 Å². The molecule has 0 unspecified atom stereocenters. The molecule has 2 nitrogen and oxygen atoms in total. The third-order valence-corrected chi connectivity index (χ3v) is 3.11. The molecule has 0 radical (unpaired) electrons. The van der Waals surface area contributed by atoms with Gasteiger partial charge in [-0.3, -0.25) is 4.79 Å². The summed E-state index contributed by atoms with van der Waals surface area (Å²) in [7, 11) is 0. The van der Waals surface area contributed by atoms with E-state index in [1.165, 1.54) is 5.56 Å². The van der Waals surface area contributed by atoms with Crippen molar-refractivity contribution in [3.05, 3.63) is 64.2 Å². The van der Waals surface area contributed by atoms with Crippen molar-refractivity contribution in [1.82, 2.24) is 0 Å². The number of carbonyl (C=O) groups excluding carboxylic acids is 1. The SMILES string of the molecule is Cc1cc(C)c(C(=O)c2ccccc2N)c(C)c1. The van der Waals surface area contributed by atoms with Crippen molar-refractivity contribution in [1.29, 1.82) is 0 Å². The molecule has 2 N–H and O–H groups in total. The molecule has 0 aliphatic rings. The first-order valence-corrected chi connectivity index (χ1v) is 5.97. The lowest BCUT2D eigenvalue weighted by Crippen LogP contribution is -2.09. The number of benzene rings is 2. The lowest BCUT2D eigenvalue weighted by molar-refractivity contribution is 0.103. The van der Waals surface area contributed by atoms with Gasteiger partial charge in [-0.25, -0.2) is 0 Å². The quantitative estimate of drug-likeness (QED) is 0.644. The largest absolute Gasteiger partial charge is 0.398 e. The Balaban J connectivity index is 2.57.